The van der Waals surface area contributed by atoms with E-state index in [1.807, 2.05) is 12.1 Å². The number of rotatable bonds is 4. The first-order valence-electron chi connectivity index (χ1n) is 9.42. The molecule has 2 aromatic rings. The highest BCUT2D eigenvalue weighted by molar-refractivity contribution is 8.04. The number of amides is 3. The third-order valence-electron chi connectivity index (χ3n) is 5.00. The van der Waals surface area contributed by atoms with Gasteiger partial charge in [0.2, 0.25) is 5.91 Å². The maximum Gasteiger partial charge on any atom is 0.269 e. The first-order valence-corrected chi connectivity index (χ1v) is 11.2. The standard InChI is InChI=1S/C21H18N4O3S2/c22-10-14(21-25(16(26)11-29-21)12-6-2-1-3-7-12)19(28)24-20-17(18(23)27)13-8-4-5-9-15(13)30-20/h1-3,6-7H,4-5,8-9,11H2,(H2,23,27)(H,24,28)/b21-14-. The fourth-order valence-electron chi connectivity index (χ4n) is 3.67. The number of aryl methyl sites for hydroxylation is 1. The fourth-order valence-corrected chi connectivity index (χ4v) is 5.97. The van der Waals surface area contributed by atoms with Gasteiger partial charge in [-0.1, -0.05) is 30.0 Å². The van der Waals surface area contributed by atoms with Crippen LogP contribution < -0.4 is 16.0 Å². The molecule has 3 amide bonds. The van der Waals surface area contributed by atoms with Gasteiger partial charge < -0.3 is 11.1 Å². The van der Waals surface area contributed by atoms with Gasteiger partial charge in [-0.15, -0.1) is 11.3 Å². The van der Waals surface area contributed by atoms with Crippen molar-refractivity contribution in [2.24, 2.45) is 5.73 Å². The quantitative estimate of drug-likeness (QED) is 0.562. The second-order valence-corrected chi connectivity index (χ2v) is 8.95. The maximum atomic E-state index is 13.0. The van der Waals surface area contributed by atoms with Crippen molar-refractivity contribution in [3.63, 3.8) is 0 Å². The molecule has 1 fully saturated rings. The van der Waals surface area contributed by atoms with Crippen LogP contribution in [0, 0.1) is 11.3 Å². The van der Waals surface area contributed by atoms with Gasteiger partial charge in [-0.3, -0.25) is 19.3 Å². The van der Waals surface area contributed by atoms with Gasteiger partial charge >= 0.3 is 0 Å². The molecule has 0 radical (unpaired) electrons. The van der Waals surface area contributed by atoms with Gasteiger partial charge in [0.15, 0.2) is 0 Å². The predicted octanol–water partition coefficient (Wildman–Crippen LogP) is 3.18. The van der Waals surface area contributed by atoms with E-state index in [4.69, 9.17) is 5.73 Å². The predicted molar refractivity (Wildman–Crippen MR) is 117 cm³/mol. The number of para-hydroxylation sites is 1. The van der Waals surface area contributed by atoms with Crippen molar-refractivity contribution in [1.82, 2.24) is 0 Å². The number of thioether (sulfide) groups is 1. The number of nitrogens with zero attached hydrogens (tertiary/aromatic N) is 2. The molecule has 0 atom stereocenters. The van der Waals surface area contributed by atoms with E-state index < -0.39 is 11.8 Å². The molecule has 3 N–H and O–H groups in total. The Balaban J connectivity index is 1.71. The first-order chi connectivity index (χ1) is 14.5. The van der Waals surface area contributed by atoms with Crippen molar-refractivity contribution in [3.8, 4) is 6.07 Å². The van der Waals surface area contributed by atoms with Crippen molar-refractivity contribution < 1.29 is 14.4 Å². The molecule has 2 heterocycles. The van der Waals surface area contributed by atoms with Gasteiger partial charge in [-0.2, -0.15) is 5.26 Å². The number of anilines is 2. The molecule has 30 heavy (non-hydrogen) atoms. The molecule has 9 heteroatoms. The number of hydrogen-bond donors (Lipinski definition) is 2. The van der Waals surface area contributed by atoms with E-state index in [9.17, 15) is 19.6 Å². The van der Waals surface area contributed by atoms with Crippen molar-refractivity contribution >= 4 is 51.5 Å². The highest BCUT2D eigenvalue weighted by Gasteiger charge is 2.34. The van der Waals surface area contributed by atoms with Crippen LogP contribution in [-0.2, 0) is 22.4 Å². The van der Waals surface area contributed by atoms with Crippen molar-refractivity contribution in [3.05, 3.63) is 56.9 Å². The van der Waals surface area contributed by atoms with E-state index in [-0.39, 0.29) is 22.3 Å². The summed E-state index contributed by atoms with van der Waals surface area (Å²) in [5.41, 5.74) is 7.24. The van der Waals surface area contributed by atoms with Gasteiger partial charge in [0.1, 0.15) is 21.7 Å². The molecule has 0 unspecified atom stereocenters. The summed E-state index contributed by atoms with van der Waals surface area (Å²) >= 11 is 2.48. The van der Waals surface area contributed by atoms with E-state index >= 15 is 0 Å². The zero-order valence-corrected chi connectivity index (χ0v) is 17.6. The van der Waals surface area contributed by atoms with Crippen LogP contribution in [0.5, 0.6) is 0 Å². The van der Waals surface area contributed by atoms with E-state index in [0.29, 0.717) is 16.3 Å². The van der Waals surface area contributed by atoms with Crippen molar-refractivity contribution in [1.29, 1.82) is 5.26 Å². The minimum Gasteiger partial charge on any atom is -0.365 e. The number of thiophene rings is 1. The van der Waals surface area contributed by atoms with Gasteiger partial charge in [-0.25, -0.2) is 0 Å². The monoisotopic (exact) mass is 438 g/mol. The van der Waals surface area contributed by atoms with Gasteiger partial charge in [0, 0.05) is 10.6 Å². The smallest absolute Gasteiger partial charge is 0.269 e. The van der Waals surface area contributed by atoms with E-state index in [0.717, 1.165) is 47.9 Å². The zero-order chi connectivity index (χ0) is 21.3. The molecule has 1 aromatic heterocycles. The minimum atomic E-state index is -0.656. The summed E-state index contributed by atoms with van der Waals surface area (Å²) in [6.07, 6.45) is 3.58. The third kappa shape index (κ3) is 3.60. The molecular weight excluding hydrogens is 420 g/mol. The number of hydrogen-bond acceptors (Lipinski definition) is 6. The number of nitrogens with one attached hydrogen (secondary N) is 1. The van der Waals surface area contributed by atoms with Gasteiger partial charge in [-0.05, 0) is 43.4 Å². The summed E-state index contributed by atoms with van der Waals surface area (Å²) in [7, 11) is 0. The van der Waals surface area contributed by atoms with Crippen LogP contribution in [0.2, 0.25) is 0 Å². The lowest BCUT2D eigenvalue weighted by molar-refractivity contribution is -0.115. The number of carbonyl (C=O) groups is 3. The van der Waals surface area contributed by atoms with Crippen molar-refractivity contribution in [2.75, 3.05) is 16.0 Å². The Morgan fingerprint density at radius 1 is 1.17 bits per heavy atom. The minimum absolute atomic E-state index is 0.141. The average Bonchev–Trinajstić information content (AvgIpc) is 3.29. The largest absolute Gasteiger partial charge is 0.365 e. The summed E-state index contributed by atoms with van der Waals surface area (Å²) in [4.78, 5) is 39.9. The fraction of sp³-hybridized carbons (Fsp3) is 0.238. The maximum absolute atomic E-state index is 13.0. The van der Waals surface area contributed by atoms with Crippen LogP contribution in [0.4, 0.5) is 10.7 Å². The Morgan fingerprint density at radius 3 is 2.60 bits per heavy atom. The molecule has 4 rings (SSSR count). The Hall–Kier alpha value is -3.09. The van der Waals surface area contributed by atoms with Crippen LogP contribution in [0.1, 0.15) is 33.6 Å². The highest BCUT2D eigenvalue weighted by atomic mass is 32.2. The van der Waals surface area contributed by atoms with Gasteiger partial charge in [0.05, 0.1) is 11.3 Å². The molecule has 0 saturated carbocycles. The van der Waals surface area contributed by atoms with E-state index in [1.54, 1.807) is 24.3 Å². The van der Waals surface area contributed by atoms with Crippen LogP contribution >= 0.6 is 23.1 Å². The Labute approximate surface area is 181 Å². The molecule has 7 nitrogen and oxygen atoms in total. The Morgan fingerprint density at radius 2 is 1.90 bits per heavy atom. The average molecular weight is 439 g/mol. The molecule has 1 saturated heterocycles. The second kappa shape index (κ2) is 8.34. The topological polar surface area (TPSA) is 116 Å². The number of fused-ring (bicyclic) bond motifs is 1. The lowest BCUT2D eigenvalue weighted by Crippen LogP contribution is -2.27. The summed E-state index contributed by atoms with van der Waals surface area (Å²) in [5, 5.41) is 13.1. The number of carbonyl (C=O) groups excluding carboxylic acids is 3. The zero-order valence-electron chi connectivity index (χ0n) is 15.9. The third-order valence-corrected chi connectivity index (χ3v) is 7.26. The highest BCUT2D eigenvalue weighted by Crippen LogP contribution is 2.39. The molecule has 1 aliphatic carbocycles. The number of nitriles is 1. The van der Waals surface area contributed by atoms with Gasteiger partial charge in [0.25, 0.3) is 11.8 Å². The normalized spacial score (nSPS) is 17.3. The molecule has 2 aliphatic rings. The van der Waals surface area contributed by atoms with Crippen LogP contribution in [0.15, 0.2) is 40.9 Å². The van der Waals surface area contributed by atoms with E-state index in [1.165, 1.54) is 16.2 Å². The first kappa shape index (κ1) is 20.2. The Kier molecular flexibility index (Phi) is 5.61. The molecule has 0 spiro atoms. The van der Waals surface area contributed by atoms with Crippen LogP contribution in [0.25, 0.3) is 0 Å². The molecule has 1 aromatic carbocycles. The van der Waals surface area contributed by atoms with E-state index in [2.05, 4.69) is 5.32 Å². The summed E-state index contributed by atoms with van der Waals surface area (Å²) in [6.45, 7) is 0. The lowest BCUT2D eigenvalue weighted by atomic mass is 9.95. The molecule has 152 valence electrons. The number of benzene rings is 1. The number of primary amides is 1. The SMILES string of the molecule is N#C/C(C(=O)Nc1sc2c(c1C(N)=O)CCCC2)=C1/SCC(=O)N1c1ccccc1. The lowest BCUT2D eigenvalue weighted by Gasteiger charge is -2.18. The summed E-state index contributed by atoms with van der Waals surface area (Å²) in [5.74, 6) is -1.31. The molecular formula is C21H18N4O3S2. The molecule has 0 bridgehead atoms. The second-order valence-electron chi connectivity index (χ2n) is 6.88. The van der Waals surface area contributed by atoms with Crippen LogP contribution in [-0.4, -0.2) is 23.5 Å². The summed E-state index contributed by atoms with van der Waals surface area (Å²) in [6, 6.07) is 10.8. The summed E-state index contributed by atoms with van der Waals surface area (Å²) < 4.78 is 0. The molecule has 1 aliphatic heterocycles. The van der Waals surface area contributed by atoms with Crippen molar-refractivity contribution in [2.45, 2.75) is 25.7 Å². The van der Waals surface area contributed by atoms with Crippen LogP contribution in [0.3, 0.4) is 0 Å². The Bertz CT molecular complexity index is 1120. The number of nitrogens with two attached hydrogens (primary N) is 1.